The third-order valence-electron chi connectivity index (χ3n) is 2.63. The molecule has 19 heavy (non-hydrogen) atoms. The number of carbonyl (C=O) groups is 2. The second-order valence-corrected chi connectivity index (χ2v) is 5.76. The molecule has 0 rings (SSSR count). The highest BCUT2D eigenvalue weighted by Crippen LogP contribution is 1.97. The van der Waals surface area contributed by atoms with Gasteiger partial charge >= 0.3 is 0 Å². The van der Waals surface area contributed by atoms with Crippen LogP contribution in [0.5, 0.6) is 0 Å². The number of amides is 2. The summed E-state index contributed by atoms with van der Waals surface area (Å²) >= 11 is 0. The predicted octanol–water partition coefficient (Wildman–Crippen LogP) is -0.733. The van der Waals surface area contributed by atoms with E-state index in [9.17, 15) is 9.59 Å². The number of nitrogens with one attached hydrogen (secondary N) is 2. The summed E-state index contributed by atoms with van der Waals surface area (Å²) in [5.74, 6) is 0.00153. The van der Waals surface area contributed by atoms with Crippen molar-refractivity contribution < 1.29 is 14.1 Å². The minimum absolute atomic E-state index is 0.0265. The fourth-order valence-corrected chi connectivity index (χ4v) is 1.88. The molecule has 6 heteroatoms. The predicted molar refractivity (Wildman–Crippen MR) is 76.7 cm³/mol. The van der Waals surface area contributed by atoms with Crippen molar-refractivity contribution in [3.63, 3.8) is 0 Å². The van der Waals surface area contributed by atoms with Gasteiger partial charge < -0.3 is 20.0 Å². The maximum absolute atomic E-state index is 11.7. The Balaban J connectivity index is 3.72. The Morgan fingerprint density at radius 2 is 1.58 bits per heavy atom. The fourth-order valence-electron chi connectivity index (χ4n) is 1.88. The summed E-state index contributed by atoms with van der Waals surface area (Å²) in [5, 5.41) is 5.58. The van der Waals surface area contributed by atoms with E-state index in [2.05, 4.69) is 17.6 Å². The van der Waals surface area contributed by atoms with Crippen LogP contribution in [0.15, 0.2) is 0 Å². The molecule has 0 aromatic carbocycles. The molecule has 0 unspecified atom stereocenters. The number of rotatable bonds is 9. The molecule has 0 aliphatic heterocycles. The largest absolute Gasteiger partial charge is 0.353 e. The first-order chi connectivity index (χ1) is 8.76. The quantitative estimate of drug-likeness (QED) is 0.430. The molecule has 2 N–H and O–H groups in total. The molecule has 0 spiro atoms. The smallest absolute Gasteiger partial charge is 0.275 e. The average molecular weight is 273 g/mol. The van der Waals surface area contributed by atoms with Crippen molar-refractivity contribution in [2.45, 2.75) is 13.3 Å². The number of carbonyl (C=O) groups excluding carboxylic acids is 2. The average Bonchev–Trinajstić information content (AvgIpc) is 2.22. The lowest BCUT2D eigenvalue weighted by atomic mass is 10.3. The van der Waals surface area contributed by atoms with Crippen LogP contribution in [-0.4, -0.2) is 82.1 Å². The van der Waals surface area contributed by atoms with E-state index in [0.29, 0.717) is 30.7 Å². The second kappa shape index (κ2) is 8.87. The van der Waals surface area contributed by atoms with Gasteiger partial charge in [-0.1, -0.05) is 6.92 Å². The molecule has 0 saturated carbocycles. The van der Waals surface area contributed by atoms with Gasteiger partial charge in [0.1, 0.15) is 0 Å². The molecule has 2 amide bonds. The topological polar surface area (TPSA) is 61.4 Å². The van der Waals surface area contributed by atoms with Gasteiger partial charge in [-0.05, 0) is 20.5 Å². The summed E-state index contributed by atoms with van der Waals surface area (Å²) in [7, 11) is 7.77. The molecule has 0 aromatic rings. The normalized spacial score (nSPS) is 11.5. The molecule has 0 aromatic heterocycles. The van der Waals surface area contributed by atoms with Gasteiger partial charge in [0.25, 0.3) is 5.91 Å². The highest BCUT2D eigenvalue weighted by atomic mass is 16.2. The van der Waals surface area contributed by atoms with Crippen molar-refractivity contribution in [3.05, 3.63) is 0 Å². The van der Waals surface area contributed by atoms with Gasteiger partial charge in [0.2, 0.25) is 5.91 Å². The Hall–Kier alpha value is -1.14. The van der Waals surface area contributed by atoms with Gasteiger partial charge in [0.15, 0.2) is 6.54 Å². The van der Waals surface area contributed by atoms with Crippen molar-refractivity contribution in [1.29, 1.82) is 0 Å². The third-order valence-corrected chi connectivity index (χ3v) is 2.63. The minimum atomic E-state index is -0.0265. The van der Waals surface area contributed by atoms with Gasteiger partial charge in [-0.15, -0.1) is 0 Å². The fraction of sp³-hybridized carbons (Fsp3) is 0.846. The summed E-state index contributed by atoms with van der Waals surface area (Å²) in [6, 6.07) is 0. The number of quaternary nitrogens is 1. The minimum Gasteiger partial charge on any atom is -0.353 e. The molecular weight excluding hydrogens is 244 g/mol. The van der Waals surface area contributed by atoms with Crippen LogP contribution in [0.3, 0.4) is 0 Å². The molecule has 0 aliphatic rings. The monoisotopic (exact) mass is 273 g/mol. The SMILES string of the molecule is CCC[N+](C)(C)CC(=O)NCCNC(=O)CN(C)C. The Morgan fingerprint density at radius 3 is 2.05 bits per heavy atom. The van der Waals surface area contributed by atoms with Crippen LogP contribution in [0.25, 0.3) is 0 Å². The maximum atomic E-state index is 11.7. The van der Waals surface area contributed by atoms with Crippen LogP contribution in [0, 0.1) is 0 Å². The van der Waals surface area contributed by atoms with Crippen molar-refractivity contribution in [1.82, 2.24) is 15.5 Å². The number of nitrogens with zero attached hydrogens (tertiary/aromatic N) is 2. The molecule has 0 aliphatic carbocycles. The van der Waals surface area contributed by atoms with Crippen LogP contribution in [0.2, 0.25) is 0 Å². The Kier molecular flexibility index (Phi) is 8.34. The summed E-state index contributed by atoms with van der Waals surface area (Å²) in [6.07, 6.45) is 1.06. The summed E-state index contributed by atoms with van der Waals surface area (Å²) in [6.45, 7) is 4.88. The zero-order chi connectivity index (χ0) is 14.9. The standard InChI is InChI=1S/C13H28N4O2/c1-6-9-17(4,5)11-13(19)15-8-7-14-12(18)10-16(2)3/h6-11H2,1-5H3,(H-,14,15,18,19)/p+1. The van der Waals surface area contributed by atoms with E-state index < -0.39 is 0 Å². The van der Waals surface area contributed by atoms with Crippen LogP contribution in [0.4, 0.5) is 0 Å². The van der Waals surface area contributed by atoms with Crippen LogP contribution < -0.4 is 10.6 Å². The zero-order valence-electron chi connectivity index (χ0n) is 13.0. The van der Waals surface area contributed by atoms with E-state index in [1.54, 1.807) is 4.90 Å². The van der Waals surface area contributed by atoms with Gasteiger partial charge in [-0.3, -0.25) is 9.59 Å². The Labute approximate surface area is 116 Å². The molecule has 112 valence electrons. The first-order valence-corrected chi connectivity index (χ1v) is 6.77. The number of hydrogen-bond acceptors (Lipinski definition) is 3. The van der Waals surface area contributed by atoms with Crippen molar-refractivity contribution in [3.8, 4) is 0 Å². The first kappa shape index (κ1) is 17.9. The van der Waals surface area contributed by atoms with Crippen molar-refractivity contribution in [2.24, 2.45) is 0 Å². The van der Waals surface area contributed by atoms with Crippen LogP contribution in [-0.2, 0) is 9.59 Å². The first-order valence-electron chi connectivity index (χ1n) is 6.77. The number of likely N-dealkylation sites (N-methyl/N-ethyl adjacent to an activating group) is 2. The van der Waals surface area contributed by atoms with E-state index >= 15 is 0 Å². The maximum Gasteiger partial charge on any atom is 0.275 e. The van der Waals surface area contributed by atoms with E-state index in [4.69, 9.17) is 0 Å². The van der Waals surface area contributed by atoms with E-state index in [-0.39, 0.29) is 11.8 Å². The van der Waals surface area contributed by atoms with Gasteiger partial charge in [-0.25, -0.2) is 0 Å². The van der Waals surface area contributed by atoms with E-state index in [1.807, 2.05) is 28.2 Å². The second-order valence-electron chi connectivity index (χ2n) is 5.76. The van der Waals surface area contributed by atoms with Gasteiger partial charge in [-0.2, -0.15) is 0 Å². The molecule has 0 bridgehead atoms. The van der Waals surface area contributed by atoms with E-state index in [1.165, 1.54) is 0 Å². The molecule has 0 radical (unpaired) electrons. The van der Waals surface area contributed by atoms with Crippen molar-refractivity contribution in [2.75, 3.05) is 60.9 Å². The van der Waals surface area contributed by atoms with Gasteiger partial charge in [0.05, 0.1) is 27.2 Å². The number of hydrogen-bond donors (Lipinski definition) is 2. The molecular formula is C13H29N4O2+. The highest BCUT2D eigenvalue weighted by molar-refractivity contribution is 5.78. The van der Waals surface area contributed by atoms with Crippen molar-refractivity contribution >= 4 is 11.8 Å². The summed E-state index contributed by atoms with van der Waals surface area (Å²) in [4.78, 5) is 24.9. The lowest BCUT2D eigenvalue weighted by Gasteiger charge is -2.28. The Morgan fingerprint density at radius 1 is 1.05 bits per heavy atom. The molecule has 0 atom stereocenters. The highest BCUT2D eigenvalue weighted by Gasteiger charge is 2.18. The van der Waals surface area contributed by atoms with Gasteiger partial charge in [0, 0.05) is 13.1 Å². The molecule has 6 nitrogen and oxygen atoms in total. The zero-order valence-corrected chi connectivity index (χ0v) is 13.0. The molecule has 0 heterocycles. The Bertz CT molecular complexity index is 290. The molecule has 0 fully saturated rings. The van der Waals surface area contributed by atoms with Crippen LogP contribution in [0.1, 0.15) is 13.3 Å². The summed E-state index contributed by atoms with van der Waals surface area (Å²) < 4.78 is 0.690. The van der Waals surface area contributed by atoms with E-state index in [0.717, 1.165) is 13.0 Å². The third kappa shape index (κ3) is 10.5. The summed E-state index contributed by atoms with van der Waals surface area (Å²) in [5.41, 5.74) is 0. The van der Waals surface area contributed by atoms with Crippen LogP contribution >= 0.6 is 0 Å². The lowest BCUT2D eigenvalue weighted by molar-refractivity contribution is -0.882. The molecule has 0 saturated heterocycles. The lowest BCUT2D eigenvalue weighted by Crippen LogP contribution is -2.49.